The smallest absolute Gasteiger partial charge is 0.123 e. The molecule has 1 aliphatic heterocycles. The molecule has 3 rings (SSSR count). The number of nitrogens with zero attached hydrogens (tertiary/aromatic N) is 1. The van der Waals surface area contributed by atoms with Crippen LogP contribution in [0, 0.1) is 0 Å². The molecular formula is C26H38N2O. The van der Waals surface area contributed by atoms with Gasteiger partial charge in [0, 0.05) is 30.2 Å². The van der Waals surface area contributed by atoms with Crippen LogP contribution >= 0.6 is 0 Å². The van der Waals surface area contributed by atoms with E-state index < -0.39 is 0 Å². The molecule has 3 heteroatoms. The fourth-order valence-electron chi connectivity index (χ4n) is 4.45. The van der Waals surface area contributed by atoms with Crippen molar-refractivity contribution in [2.24, 2.45) is 0 Å². The highest BCUT2D eigenvalue weighted by Crippen LogP contribution is 2.38. The van der Waals surface area contributed by atoms with E-state index in [4.69, 9.17) is 4.74 Å². The van der Waals surface area contributed by atoms with Gasteiger partial charge in [-0.15, -0.1) is 0 Å². The second-order valence-corrected chi connectivity index (χ2v) is 10.3. The lowest BCUT2D eigenvalue weighted by Gasteiger charge is -2.39. The fourth-order valence-corrected chi connectivity index (χ4v) is 4.45. The molecular weight excluding hydrogens is 356 g/mol. The van der Waals surface area contributed by atoms with Gasteiger partial charge in [-0.2, -0.15) is 0 Å². The predicted molar refractivity (Wildman–Crippen MR) is 123 cm³/mol. The molecule has 2 unspecified atom stereocenters. The van der Waals surface area contributed by atoms with E-state index in [9.17, 15) is 0 Å². The molecule has 2 aromatic rings. The van der Waals surface area contributed by atoms with Gasteiger partial charge < -0.3 is 10.1 Å². The molecule has 2 aromatic carbocycles. The number of hydrogen-bond donors (Lipinski definition) is 1. The Bertz CT molecular complexity index is 802. The molecule has 1 fully saturated rings. The number of likely N-dealkylation sites (tertiary alicyclic amines) is 1. The topological polar surface area (TPSA) is 24.5 Å². The zero-order chi connectivity index (χ0) is 21.2. The number of nitrogens with one attached hydrogen (secondary N) is 1. The Hall–Kier alpha value is -1.84. The summed E-state index contributed by atoms with van der Waals surface area (Å²) in [7, 11) is 1.76. The summed E-state index contributed by atoms with van der Waals surface area (Å²) < 4.78 is 5.66. The van der Waals surface area contributed by atoms with Crippen molar-refractivity contribution >= 4 is 0 Å². The average molecular weight is 395 g/mol. The molecule has 0 aliphatic carbocycles. The SMILES string of the molecule is COc1ccc(C(C)(C)C)cc1CNC1CCN(C(C)(C)C)C1c1ccccc1. The zero-order valence-electron chi connectivity index (χ0n) is 19.3. The lowest BCUT2D eigenvalue weighted by molar-refractivity contribution is 0.112. The van der Waals surface area contributed by atoms with Gasteiger partial charge in [-0.3, -0.25) is 4.90 Å². The van der Waals surface area contributed by atoms with E-state index in [0.29, 0.717) is 12.1 Å². The Balaban J connectivity index is 1.84. The van der Waals surface area contributed by atoms with Crippen molar-refractivity contribution in [3.63, 3.8) is 0 Å². The van der Waals surface area contributed by atoms with Crippen LogP contribution in [0.3, 0.4) is 0 Å². The zero-order valence-corrected chi connectivity index (χ0v) is 19.3. The van der Waals surface area contributed by atoms with E-state index in [1.165, 1.54) is 16.7 Å². The Morgan fingerprint density at radius 3 is 2.28 bits per heavy atom. The summed E-state index contributed by atoms with van der Waals surface area (Å²) in [5.41, 5.74) is 4.25. The second-order valence-electron chi connectivity index (χ2n) is 10.3. The first-order valence-electron chi connectivity index (χ1n) is 10.8. The van der Waals surface area contributed by atoms with Crippen LogP contribution in [0.15, 0.2) is 48.5 Å². The summed E-state index contributed by atoms with van der Waals surface area (Å²) >= 11 is 0. The van der Waals surface area contributed by atoms with Crippen LogP contribution in [-0.4, -0.2) is 30.1 Å². The van der Waals surface area contributed by atoms with E-state index >= 15 is 0 Å². The van der Waals surface area contributed by atoms with Gasteiger partial charge in [-0.1, -0.05) is 63.2 Å². The number of methoxy groups -OCH3 is 1. The molecule has 1 N–H and O–H groups in total. The molecule has 1 aliphatic rings. The molecule has 0 aromatic heterocycles. The van der Waals surface area contributed by atoms with Gasteiger partial charge >= 0.3 is 0 Å². The van der Waals surface area contributed by atoms with Gasteiger partial charge in [0.25, 0.3) is 0 Å². The maximum Gasteiger partial charge on any atom is 0.123 e. The Kier molecular flexibility index (Phi) is 6.40. The van der Waals surface area contributed by atoms with E-state index in [1.54, 1.807) is 7.11 Å². The quantitative estimate of drug-likeness (QED) is 0.704. The molecule has 2 atom stereocenters. The molecule has 1 saturated heterocycles. The van der Waals surface area contributed by atoms with Crippen molar-refractivity contribution in [1.82, 2.24) is 10.2 Å². The molecule has 158 valence electrons. The number of ether oxygens (including phenoxy) is 1. The Labute approximate surface area is 177 Å². The van der Waals surface area contributed by atoms with E-state index in [-0.39, 0.29) is 11.0 Å². The first-order chi connectivity index (χ1) is 13.6. The van der Waals surface area contributed by atoms with Gasteiger partial charge in [0.1, 0.15) is 5.75 Å². The third-order valence-corrected chi connectivity index (χ3v) is 6.10. The molecule has 29 heavy (non-hydrogen) atoms. The first kappa shape index (κ1) is 21.9. The molecule has 0 spiro atoms. The summed E-state index contributed by atoms with van der Waals surface area (Å²) in [6.07, 6.45) is 1.15. The highest BCUT2D eigenvalue weighted by Gasteiger charge is 2.40. The van der Waals surface area contributed by atoms with Crippen molar-refractivity contribution in [1.29, 1.82) is 0 Å². The van der Waals surface area contributed by atoms with Crippen LogP contribution in [0.2, 0.25) is 0 Å². The van der Waals surface area contributed by atoms with Crippen LogP contribution in [0.5, 0.6) is 5.75 Å². The van der Waals surface area contributed by atoms with Crippen molar-refractivity contribution in [2.75, 3.05) is 13.7 Å². The molecule has 1 heterocycles. The van der Waals surface area contributed by atoms with Crippen LogP contribution in [-0.2, 0) is 12.0 Å². The summed E-state index contributed by atoms with van der Waals surface area (Å²) in [6.45, 7) is 15.7. The summed E-state index contributed by atoms with van der Waals surface area (Å²) in [6, 6.07) is 18.4. The highest BCUT2D eigenvalue weighted by atomic mass is 16.5. The molecule has 0 amide bonds. The Morgan fingerprint density at radius 2 is 1.69 bits per heavy atom. The summed E-state index contributed by atoms with van der Waals surface area (Å²) in [5, 5.41) is 3.88. The first-order valence-corrected chi connectivity index (χ1v) is 10.8. The summed E-state index contributed by atoms with van der Waals surface area (Å²) in [4.78, 5) is 2.64. The van der Waals surface area contributed by atoms with Gasteiger partial charge in [0.05, 0.1) is 13.2 Å². The van der Waals surface area contributed by atoms with Gasteiger partial charge in [0.15, 0.2) is 0 Å². The number of benzene rings is 2. The lowest BCUT2D eigenvalue weighted by atomic mass is 9.86. The van der Waals surface area contributed by atoms with Crippen LogP contribution in [0.25, 0.3) is 0 Å². The van der Waals surface area contributed by atoms with Gasteiger partial charge in [0.2, 0.25) is 0 Å². The molecule has 0 saturated carbocycles. The average Bonchev–Trinajstić information content (AvgIpc) is 3.10. The third-order valence-electron chi connectivity index (χ3n) is 6.10. The predicted octanol–water partition coefficient (Wildman–Crippen LogP) is 5.70. The van der Waals surface area contributed by atoms with Crippen LogP contribution in [0.4, 0.5) is 0 Å². The monoisotopic (exact) mass is 394 g/mol. The maximum atomic E-state index is 5.66. The van der Waals surface area contributed by atoms with Crippen molar-refractivity contribution < 1.29 is 4.74 Å². The third kappa shape index (κ3) is 5.02. The summed E-state index contributed by atoms with van der Waals surface area (Å²) in [5.74, 6) is 0.965. The number of hydrogen-bond acceptors (Lipinski definition) is 3. The van der Waals surface area contributed by atoms with Crippen molar-refractivity contribution in [2.45, 2.75) is 77.5 Å². The Morgan fingerprint density at radius 1 is 1.00 bits per heavy atom. The van der Waals surface area contributed by atoms with E-state index in [0.717, 1.165) is 25.3 Å². The lowest BCUT2D eigenvalue weighted by Crippen LogP contribution is -2.44. The highest BCUT2D eigenvalue weighted by molar-refractivity contribution is 5.39. The number of rotatable bonds is 5. The maximum absolute atomic E-state index is 5.66. The minimum Gasteiger partial charge on any atom is -0.496 e. The van der Waals surface area contributed by atoms with E-state index in [2.05, 4.69) is 100 Å². The largest absolute Gasteiger partial charge is 0.496 e. The second kappa shape index (κ2) is 8.49. The van der Waals surface area contributed by atoms with Crippen LogP contribution in [0.1, 0.15) is 70.7 Å². The molecule has 0 bridgehead atoms. The molecule has 3 nitrogen and oxygen atoms in total. The minimum atomic E-state index is 0.129. The van der Waals surface area contributed by atoms with Gasteiger partial charge in [-0.05, 0) is 49.8 Å². The van der Waals surface area contributed by atoms with Crippen molar-refractivity contribution in [3.05, 3.63) is 65.2 Å². The standard InChI is InChI=1S/C26H38N2O/c1-25(2,3)21-13-14-23(29-7)20(17-21)18-27-22-15-16-28(26(4,5)6)24(22)19-11-9-8-10-12-19/h8-14,17,22,24,27H,15-16,18H2,1-7H3. The minimum absolute atomic E-state index is 0.129. The normalized spacial score (nSPS) is 20.8. The molecule has 0 radical (unpaired) electrons. The fraction of sp³-hybridized carbons (Fsp3) is 0.538. The van der Waals surface area contributed by atoms with Gasteiger partial charge in [-0.25, -0.2) is 0 Å². The van der Waals surface area contributed by atoms with E-state index in [1.807, 2.05) is 0 Å². The van der Waals surface area contributed by atoms with Crippen molar-refractivity contribution in [3.8, 4) is 5.75 Å². The van der Waals surface area contributed by atoms with Crippen LogP contribution < -0.4 is 10.1 Å².